The molecule has 2 aromatic rings. The molecule has 1 N–H and O–H groups in total. The van der Waals surface area contributed by atoms with E-state index in [-0.39, 0.29) is 11.9 Å². The van der Waals surface area contributed by atoms with Crippen LogP contribution < -0.4 is 5.32 Å². The molecule has 1 atom stereocenters. The zero-order valence-electron chi connectivity index (χ0n) is 12.4. The fraction of sp³-hybridized carbons (Fsp3) is 0.294. The number of rotatable bonds is 3. The summed E-state index contributed by atoms with van der Waals surface area (Å²) in [5.41, 5.74) is 4.82. The number of amides is 1. The standard InChI is InChI=1S/C17H20N2O/c1-11-9-12(2)16(13(3)10-11)17(20)19-14(4)15-7-5-6-8-18-15/h5-10,14H,1-4H3,(H,19,20). The van der Waals surface area contributed by atoms with Gasteiger partial charge in [-0.15, -0.1) is 0 Å². The zero-order chi connectivity index (χ0) is 14.7. The quantitative estimate of drug-likeness (QED) is 0.925. The second kappa shape index (κ2) is 5.87. The fourth-order valence-electron chi connectivity index (χ4n) is 2.51. The van der Waals surface area contributed by atoms with Gasteiger partial charge in [0.05, 0.1) is 11.7 Å². The number of pyridine rings is 1. The van der Waals surface area contributed by atoms with E-state index in [1.54, 1.807) is 6.20 Å². The average molecular weight is 268 g/mol. The smallest absolute Gasteiger partial charge is 0.252 e. The van der Waals surface area contributed by atoms with Crippen LogP contribution in [0.15, 0.2) is 36.5 Å². The van der Waals surface area contributed by atoms with E-state index in [1.807, 2.05) is 58.0 Å². The molecule has 3 heteroatoms. The first kappa shape index (κ1) is 14.3. The summed E-state index contributed by atoms with van der Waals surface area (Å²) in [6, 6.07) is 9.67. The van der Waals surface area contributed by atoms with E-state index < -0.39 is 0 Å². The molecule has 0 aliphatic carbocycles. The second-order valence-corrected chi connectivity index (χ2v) is 5.22. The van der Waals surface area contributed by atoms with Crippen LogP contribution in [0.1, 0.15) is 45.7 Å². The SMILES string of the molecule is Cc1cc(C)c(C(=O)NC(C)c2ccccn2)c(C)c1. The Morgan fingerprint density at radius 1 is 1.15 bits per heavy atom. The molecule has 0 saturated carbocycles. The van der Waals surface area contributed by atoms with Gasteiger partial charge in [-0.05, 0) is 51.0 Å². The first-order valence-corrected chi connectivity index (χ1v) is 6.78. The van der Waals surface area contributed by atoms with Crippen molar-refractivity contribution in [2.75, 3.05) is 0 Å². The molecular formula is C17H20N2O. The molecule has 1 aromatic carbocycles. The molecule has 0 radical (unpaired) electrons. The second-order valence-electron chi connectivity index (χ2n) is 5.22. The summed E-state index contributed by atoms with van der Waals surface area (Å²) in [7, 11) is 0. The van der Waals surface area contributed by atoms with Crippen LogP contribution in [0.4, 0.5) is 0 Å². The van der Waals surface area contributed by atoms with Gasteiger partial charge in [-0.2, -0.15) is 0 Å². The van der Waals surface area contributed by atoms with Crippen molar-refractivity contribution in [1.82, 2.24) is 10.3 Å². The number of carbonyl (C=O) groups is 1. The summed E-state index contributed by atoms with van der Waals surface area (Å²) in [6.07, 6.45) is 1.74. The predicted molar refractivity (Wildman–Crippen MR) is 80.8 cm³/mol. The van der Waals surface area contributed by atoms with E-state index in [0.29, 0.717) is 0 Å². The Morgan fingerprint density at radius 3 is 2.35 bits per heavy atom. The molecule has 2 rings (SSSR count). The van der Waals surface area contributed by atoms with Crippen molar-refractivity contribution < 1.29 is 4.79 Å². The Bertz CT molecular complexity index is 597. The lowest BCUT2D eigenvalue weighted by Crippen LogP contribution is -2.28. The van der Waals surface area contributed by atoms with E-state index in [4.69, 9.17) is 0 Å². The fourth-order valence-corrected chi connectivity index (χ4v) is 2.51. The number of nitrogens with zero attached hydrogens (tertiary/aromatic N) is 1. The molecule has 3 nitrogen and oxygen atoms in total. The van der Waals surface area contributed by atoms with Crippen LogP contribution in [0.25, 0.3) is 0 Å². The van der Waals surface area contributed by atoms with Gasteiger partial charge in [-0.1, -0.05) is 23.8 Å². The first-order valence-electron chi connectivity index (χ1n) is 6.78. The summed E-state index contributed by atoms with van der Waals surface area (Å²) >= 11 is 0. The molecule has 104 valence electrons. The van der Waals surface area contributed by atoms with Crippen molar-refractivity contribution in [1.29, 1.82) is 0 Å². The van der Waals surface area contributed by atoms with E-state index >= 15 is 0 Å². The molecule has 0 spiro atoms. The van der Waals surface area contributed by atoms with E-state index in [1.165, 1.54) is 5.56 Å². The highest BCUT2D eigenvalue weighted by Gasteiger charge is 2.16. The van der Waals surface area contributed by atoms with Gasteiger partial charge < -0.3 is 5.32 Å². The minimum Gasteiger partial charge on any atom is -0.344 e. The van der Waals surface area contributed by atoms with Crippen LogP contribution in [-0.4, -0.2) is 10.9 Å². The van der Waals surface area contributed by atoms with Crippen LogP contribution >= 0.6 is 0 Å². The van der Waals surface area contributed by atoms with E-state index in [9.17, 15) is 4.79 Å². The van der Waals surface area contributed by atoms with Crippen molar-refractivity contribution in [3.63, 3.8) is 0 Å². The van der Waals surface area contributed by atoms with Crippen molar-refractivity contribution >= 4 is 5.91 Å². The van der Waals surface area contributed by atoms with Crippen LogP contribution in [0, 0.1) is 20.8 Å². The third kappa shape index (κ3) is 3.05. The molecule has 1 unspecified atom stereocenters. The number of aromatic nitrogens is 1. The molecule has 1 aromatic heterocycles. The van der Waals surface area contributed by atoms with Gasteiger partial charge in [0.15, 0.2) is 0 Å². The number of hydrogen-bond acceptors (Lipinski definition) is 2. The highest BCUT2D eigenvalue weighted by atomic mass is 16.1. The van der Waals surface area contributed by atoms with Crippen molar-refractivity contribution in [3.05, 3.63) is 64.5 Å². The first-order chi connectivity index (χ1) is 9.49. The summed E-state index contributed by atoms with van der Waals surface area (Å²) in [5, 5.41) is 3.01. The summed E-state index contributed by atoms with van der Waals surface area (Å²) in [5.74, 6) is -0.0434. The molecule has 1 amide bonds. The van der Waals surface area contributed by atoms with Crippen molar-refractivity contribution in [2.24, 2.45) is 0 Å². The third-order valence-electron chi connectivity index (χ3n) is 3.38. The van der Waals surface area contributed by atoms with Gasteiger partial charge >= 0.3 is 0 Å². The summed E-state index contributed by atoms with van der Waals surface area (Å²) in [4.78, 5) is 16.7. The molecule has 0 fully saturated rings. The zero-order valence-corrected chi connectivity index (χ0v) is 12.4. The Morgan fingerprint density at radius 2 is 1.80 bits per heavy atom. The predicted octanol–water partition coefficient (Wildman–Crippen LogP) is 3.50. The molecule has 0 aliphatic heterocycles. The molecule has 0 bridgehead atoms. The average Bonchev–Trinajstić information content (AvgIpc) is 2.38. The number of hydrogen-bond donors (Lipinski definition) is 1. The molecule has 0 aliphatic rings. The number of benzene rings is 1. The van der Waals surface area contributed by atoms with Gasteiger partial charge in [0.1, 0.15) is 0 Å². The monoisotopic (exact) mass is 268 g/mol. The van der Waals surface area contributed by atoms with E-state index in [0.717, 1.165) is 22.4 Å². The topological polar surface area (TPSA) is 42.0 Å². The number of carbonyl (C=O) groups excluding carboxylic acids is 1. The van der Waals surface area contributed by atoms with E-state index in [2.05, 4.69) is 10.3 Å². The Hall–Kier alpha value is -2.16. The largest absolute Gasteiger partial charge is 0.344 e. The van der Waals surface area contributed by atoms with Gasteiger partial charge in [-0.3, -0.25) is 9.78 Å². The van der Waals surface area contributed by atoms with Crippen molar-refractivity contribution in [3.8, 4) is 0 Å². The summed E-state index contributed by atoms with van der Waals surface area (Å²) in [6.45, 7) is 7.93. The molecule has 1 heterocycles. The van der Waals surface area contributed by atoms with Gasteiger partial charge in [0.2, 0.25) is 0 Å². The Kier molecular flexibility index (Phi) is 4.18. The lowest BCUT2D eigenvalue weighted by atomic mass is 9.99. The van der Waals surface area contributed by atoms with Crippen LogP contribution in [-0.2, 0) is 0 Å². The van der Waals surface area contributed by atoms with Gasteiger partial charge in [0, 0.05) is 11.8 Å². The maximum Gasteiger partial charge on any atom is 0.252 e. The Labute approximate surface area is 120 Å². The third-order valence-corrected chi connectivity index (χ3v) is 3.38. The maximum absolute atomic E-state index is 12.4. The summed E-state index contributed by atoms with van der Waals surface area (Å²) < 4.78 is 0. The number of aryl methyl sites for hydroxylation is 3. The molecule has 20 heavy (non-hydrogen) atoms. The van der Waals surface area contributed by atoms with Crippen LogP contribution in [0.5, 0.6) is 0 Å². The van der Waals surface area contributed by atoms with Crippen LogP contribution in [0.2, 0.25) is 0 Å². The van der Waals surface area contributed by atoms with Gasteiger partial charge in [-0.25, -0.2) is 0 Å². The number of nitrogens with one attached hydrogen (secondary N) is 1. The minimum atomic E-state index is -0.108. The highest BCUT2D eigenvalue weighted by molar-refractivity contribution is 5.97. The highest BCUT2D eigenvalue weighted by Crippen LogP contribution is 2.18. The lowest BCUT2D eigenvalue weighted by molar-refractivity contribution is 0.0938. The molecule has 0 saturated heterocycles. The van der Waals surface area contributed by atoms with Crippen molar-refractivity contribution in [2.45, 2.75) is 33.7 Å². The van der Waals surface area contributed by atoms with Crippen LogP contribution in [0.3, 0.4) is 0 Å². The minimum absolute atomic E-state index is 0.0434. The molecular weight excluding hydrogens is 248 g/mol. The van der Waals surface area contributed by atoms with Gasteiger partial charge in [0.25, 0.3) is 5.91 Å². The normalized spacial score (nSPS) is 12.0. The lowest BCUT2D eigenvalue weighted by Gasteiger charge is -2.16. The maximum atomic E-state index is 12.4. The Balaban J connectivity index is 2.21.